The van der Waals surface area contributed by atoms with Gasteiger partial charge < -0.3 is 20.0 Å². The largest absolute Gasteiger partial charge is 0.495 e. The number of ether oxygens (including phenoxy) is 1. The van der Waals surface area contributed by atoms with Crippen LogP contribution in [0.25, 0.3) is 16.4 Å². The molecule has 2 aromatic heterocycles. The minimum atomic E-state index is -1.06. The number of aromatic nitrogens is 1. The smallest absolute Gasteiger partial charge is 0.338 e. The van der Waals surface area contributed by atoms with Crippen LogP contribution in [-0.2, 0) is 0 Å². The molecule has 6 heteroatoms. The van der Waals surface area contributed by atoms with Gasteiger partial charge in [-0.05, 0) is 12.1 Å². The number of fused-ring (bicyclic) bond motifs is 3. The summed E-state index contributed by atoms with van der Waals surface area (Å²) in [5.41, 5.74) is 6.77. The van der Waals surface area contributed by atoms with Gasteiger partial charge in [-0.25, -0.2) is 4.79 Å². The van der Waals surface area contributed by atoms with Crippen LogP contribution in [0.1, 0.15) is 20.7 Å². The number of carbonyl (C=O) groups is 2. The van der Waals surface area contributed by atoms with Gasteiger partial charge in [-0.2, -0.15) is 0 Å². The van der Waals surface area contributed by atoms with Gasteiger partial charge in [0, 0.05) is 11.6 Å². The van der Waals surface area contributed by atoms with Crippen molar-refractivity contribution in [1.82, 2.24) is 4.40 Å². The number of para-hydroxylation sites is 1. The van der Waals surface area contributed by atoms with Crippen LogP contribution in [0.2, 0.25) is 0 Å². The van der Waals surface area contributed by atoms with Crippen LogP contribution >= 0.6 is 0 Å². The first-order valence-electron chi connectivity index (χ1n) is 6.18. The summed E-state index contributed by atoms with van der Waals surface area (Å²) in [5, 5.41) is 10.1. The van der Waals surface area contributed by atoms with Crippen LogP contribution in [0.4, 0.5) is 0 Å². The normalized spacial score (nSPS) is 10.9. The van der Waals surface area contributed by atoms with Gasteiger partial charge in [-0.1, -0.05) is 18.2 Å². The van der Waals surface area contributed by atoms with E-state index < -0.39 is 11.9 Å². The number of hydrogen-bond donors (Lipinski definition) is 2. The number of nitrogens with zero attached hydrogens (tertiary/aromatic N) is 1. The van der Waals surface area contributed by atoms with E-state index in [0.29, 0.717) is 22.2 Å². The van der Waals surface area contributed by atoms with E-state index in [1.54, 1.807) is 28.7 Å². The van der Waals surface area contributed by atoms with E-state index in [1.165, 1.54) is 19.4 Å². The number of methoxy groups -OCH3 is 1. The Morgan fingerprint density at radius 2 is 2.00 bits per heavy atom. The van der Waals surface area contributed by atoms with E-state index in [0.717, 1.165) is 0 Å². The van der Waals surface area contributed by atoms with E-state index in [2.05, 4.69) is 0 Å². The molecule has 0 aliphatic rings. The van der Waals surface area contributed by atoms with Crippen molar-refractivity contribution in [1.29, 1.82) is 0 Å². The Hall–Kier alpha value is -3.02. The predicted molar refractivity (Wildman–Crippen MR) is 76.9 cm³/mol. The van der Waals surface area contributed by atoms with E-state index in [4.69, 9.17) is 10.5 Å². The highest BCUT2D eigenvalue weighted by Gasteiger charge is 2.22. The number of carboxylic acid groups (broad SMARTS) is 1. The quantitative estimate of drug-likeness (QED) is 0.768. The Bertz CT molecular complexity index is 895. The Kier molecular flexibility index (Phi) is 2.79. The molecule has 0 bridgehead atoms. The molecule has 0 fully saturated rings. The maximum absolute atomic E-state index is 11.6. The van der Waals surface area contributed by atoms with Crippen LogP contribution in [0.15, 0.2) is 36.5 Å². The van der Waals surface area contributed by atoms with E-state index in [9.17, 15) is 14.7 Å². The van der Waals surface area contributed by atoms with Gasteiger partial charge >= 0.3 is 5.97 Å². The summed E-state index contributed by atoms with van der Waals surface area (Å²) in [6, 6.07) is 8.50. The molecule has 0 aliphatic carbocycles. The molecule has 1 aromatic carbocycles. The van der Waals surface area contributed by atoms with E-state index >= 15 is 0 Å². The van der Waals surface area contributed by atoms with Crippen LogP contribution in [0.3, 0.4) is 0 Å². The third kappa shape index (κ3) is 1.80. The minimum absolute atomic E-state index is 0.137. The molecule has 3 aromatic rings. The van der Waals surface area contributed by atoms with Crippen molar-refractivity contribution in [3.05, 3.63) is 47.7 Å². The Morgan fingerprint density at radius 1 is 1.29 bits per heavy atom. The summed E-state index contributed by atoms with van der Waals surface area (Å²) in [4.78, 5) is 23.0. The summed E-state index contributed by atoms with van der Waals surface area (Å²) >= 11 is 0. The molecule has 0 radical (unpaired) electrons. The lowest BCUT2D eigenvalue weighted by molar-refractivity contribution is 0.0700. The molecular weight excluding hydrogens is 272 g/mol. The highest BCUT2D eigenvalue weighted by molar-refractivity contribution is 6.12. The summed E-state index contributed by atoms with van der Waals surface area (Å²) < 4.78 is 6.87. The van der Waals surface area contributed by atoms with Crippen LogP contribution in [-0.4, -0.2) is 28.5 Å². The van der Waals surface area contributed by atoms with Crippen molar-refractivity contribution in [2.45, 2.75) is 0 Å². The minimum Gasteiger partial charge on any atom is -0.495 e. The van der Waals surface area contributed by atoms with Crippen molar-refractivity contribution >= 4 is 28.3 Å². The first kappa shape index (κ1) is 13.0. The average molecular weight is 284 g/mol. The second-order valence-corrected chi connectivity index (χ2v) is 4.58. The molecule has 0 aliphatic heterocycles. The Labute approximate surface area is 119 Å². The SMILES string of the molecule is COc1cc(C(N)=O)cn2c1c(C(=O)O)c1ccccc12. The molecule has 2 heterocycles. The van der Waals surface area contributed by atoms with Gasteiger partial charge in [0.15, 0.2) is 0 Å². The van der Waals surface area contributed by atoms with E-state index in [-0.39, 0.29) is 11.1 Å². The fourth-order valence-electron chi connectivity index (χ4n) is 2.53. The zero-order valence-corrected chi connectivity index (χ0v) is 11.2. The number of aromatic carboxylic acids is 1. The number of amides is 1. The third-order valence-corrected chi connectivity index (χ3v) is 3.42. The average Bonchev–Trinajstić information content (AvgIpc) is 2.80. The van der Waals surface area contributed by atoms with Gasteiger partial charge in [0.1, 0.15) is 11.3 Å². The molecule has 0 atom stereocenters. The Morgan fingerprint density at radius 3 is 2.62 bits per heavy atom. The lowest BCUT2D eigenvalue weighted by Gasteiger charge is -2.07. The van der Waals surface area contributed by atoms with Crippen LogP contribution < -0.4 is 10.5 Å². The van der Waals surface area contributed by atoms with Gasteiger partial charge in [0.25, 0.3) is 0 Å². The molecule has 6 nitrogen and oxygen atoms in total. The van der Waals surface area contributed by atoms with Gasteiger partial charge in [-0.15, -0.1) is 0 Å². The summed E-state index contributed by atoms with van der Waals surface area (Å²) in [6.45, 7) is 0. The van der Waals surface area contributed by atoms with Crippen molar-refractivity contribution < 1.29 is 19.4 Å². The molecular formula is C15H12N2O4. The predicted octanol–water partition coefficient (Wildman–Crippen LogP) is 1.90. The monoisotopic (exact) mass is 284 g/mol. The molecule has 3 rings (SSSR count). The lowest BCUT2D eigenvalue weighted by atomic mass is 10.1. The van der Waals surface area contributed by atoms with Gasteiger partial charge in [0.2, 0.25) is 5.91 Å². The summed E-state index contributed by atoms with van der Waals surface area (Å²) in [7, 11) is 1.42. The van der Waals surface area contributed by atoms with Crippen molar-refractivity contribution in [3.8, 4) is 5.75 Å². The first-order chi connectivity index (χ1) is 10.0. The second-order valence-electron chi connectivity index (χ2n) is 4.58. The number of primary amides is 1. The highest BCUT2D eigenvalue weighted by Crippen LogP contribution is 2.33. The molecule has 1 amide bonds. The van der Waals surface area contributed by atoms with Crippen molar-refractivity contribution in [3.63, 3.8) is 0 Å². The highest BCUT2D eigenvalue weighted by atomic mass is 16.5. The number of hydrogen-bond acceptors (Lipinski definition) is 3. The number of benzene rings is 1. The molecule has 0 saturated heterocycles. The third-order valence-electron chi connectivity index (χ3n) is 3.42. The standard InChI is InChI=1S/C15H12N2O4/c1-21-11-6-8(14(16)18)7-17-10-5-3-2-4-9(10)12(13(11)17)15(19)20/h2-7H,1H3,(H2,16,18)(H,19,20). The number of pyridine rings is 1. The summed E-state index contributed by atoms with van der Waals surface area (Å²) in [6.07, 6.45) is 1.52. The number of nitrogens with two attached hydrogens (primary N) is 1. The molecule has 21 heavy (non-hydrogen) atoms. The lowest BCUT2D eigenvalue weighted by Crippen LogP contribution is -2.12. The maximum atomic E-state index is 11.6. The molecule has 3 N–H and O–H groups in total. The zero-order chi connectivity index (χ0) is 15.1. The topological polar surface area (TPSA) is 94.0 Å². The van der Waals surface area contributed by atoms with E-state index in [1.807, 2.05) is 0 Å². The van der Waals surface area contributed by atoms with Gasteiger partial charge in [0.05, 0.1) is 23.8 Å². The number of carboxylic acids is 1. The Balaban J connectivity index is 2.59. The summed E-state index contributed by atoms with van der Waals surface area (Å²) in [5.74, 6) is -1.37. The molecule has 106 valence electrons. The zero-order valence-electron chi connectivity index (χ0n) is 11.2. The van der Waals surface area contributed by atoms with Gasteiger partial charge in [-0.3, -0.25) is 4.79 Å². The fourth-order valence-corrected chi connectivity index (χ4v) is 2.53. The fraction of sp³-hybridized carbons (Fsp3) is 0.0667. The molecule has 0 unspecified atom stereocenters. The number of carbonyl (C=O) groups excluding carboxylic acids is 1. The maximum Gasteiger partial charge on any atom is 0.338 e. The van der Waals surface area contributed by atoms with Crippen molar-refractivity contribution in [2.24, 2.45) is 5.73 Å². The van der Waals surface area contributed by atoms with Crippen molar-refractivity contribution in [2.75, 3.05) is 7.11 Å². The van der Waals surface area contributed by atoms with Crippen LogP contribution in [0, 0.1) is 0 Å². The number of rotatable bonds is 3. The molecule has 0 spiro atoms. The second kappa shape index (κ2) is 4.52. The molecule has 0 saturated carbocycles. The van der Waals surface area contributed by atoms with Crippen LogP contribution in [0.5, 0.6) is 5.75 Å². The first-order valence-corrected chi connectivity index (χ1v) is 6.18.